The van der Waals surface area contributed by atoms with E-state index >= 15 is 0 Å². The van der Waals surface area contributed by atoms with Gasteiger partial charge in [-0.3, -0.25) is 0 Å². The summed E-state index contributed by atoms with van der Waals surface area (Å²) in [6.45, 7) is 0. The highest BCUT2D eigenvalue weighted by molar-refractivity contribution is 7.93. The number of nitrogens with zero attached hydrogens (tertiary/aromatic N) is 1. The lowest BCUT2D eigenvalue weighted by Gasteiger charge is -2.00. The Morgan fingerprint density at radius 1 is 0.941 bits per heavy atom. The Hall–Kier alpha value is -1.33. The number of hydroxylamine groups is 2. The molecule has 1 saturated heterocycles. The highest BCUT2D eigenvalue weighted by atomic mass is 32.2. The topological polar surface area (TPSA) is 32.8 Å². The molecule has 3 rings (SSSR count). The fourth-order valence-corrected chi connectivity index (χ4v) is 2.61. The van der Waals surface area contributed by atoms with Gasteiger partial charge in [0.25, 0.3) is 0 Å². The Labute approximate surface area is 104 Å². The number of quaternary nitrogens is 1. The van der Waals surface area contributed by atoms with Gasteiger partial charge < -0.3 is 0 Å². The number of hydrogen-bond acceptors (Lipinski definition) is 3. The van der Waals surface area contributed by atoms with Gasteiger partial charge in [-0.1, -0.05) is 41.2 Å². The van der Waals surface area contributed by atoms with E-state index in [1.54, 1.807) is 0 Å². The summed E-state index contributed by atoms with van der Waals surface area (Å²) in [5.41, 5.74) is 0.985. The van der Waals surface area contributed by atoms with Crippen molar-refractivity contribution >= 4 is 11.9 Å². The molecule has 1 N–H and O–H groups in total. The lowest BCUT2D eigenvalue weighted by atomic mass is 10.2. The van der Waals surface area contributed by atoms with E-state index in [0.717, 1.165) is 10.5 Å². The molecule has 1 heterocycles. The Bertz CT molecular complexity index is 505. The molecule has 0 bridgehead atoms. The summed E-state index contributed by atoms with van der Waals surface area (Å²) in [7, 11) is 0. The molecule has 0 saturated carbocycles. The largest absolute Gasteiger partial charge is 0.348 e. The zero-order chi connectivity index (χ0) is 11.7. The predicted octanol–water partition coefficient (Wildman–Crippen LogP) is 3.54. The van der Waals surface area contributed by atoms with E-state index in [2.05, 4.69) is 0 Å². The molecule has 2 aromatic rings. The third-order valence-corrected chi connectivity index (χ3v) is 3.59. The van der Waals surface area contributed by atoms with Crippen molar-refractivity contribution in [3.63, 3.8) is 0 Å². The molecular formula is C13H12NO2S+. The summed E-state index contributed by atoms with van der Waals surface area (Å²) >= 11 is 1.29. The maximum Gasteiger partial charge on any atom is 0.348 e. The normalized spacial score (nSPS) is 26.8. The Morgan fingerprint density at radius 3 is 2.18 bits per heavy atom. The molecule has 2 unspecified atom stereocenters. The van der Waals surface area contributed by atoms with Crippen LogP contribution in [0.3, 0.4) is 0 Å². The second-order valence-electron chi connectivity index (χ2n) is 3.84. The molecule has 1 fully saturated rings. The maximum atomic E-state index is 10.2. The van der Waals surface area contributed by atoms with Crippen molar-refractivity contribution in [2.75, 3.05) is 0 Å². The molecule has 3 nitrogen and oxygen atoms in total. The van der Waals surface area contributed by atoms with Crippen molar-refractivity contribution in [1.29, 1.82) is 0 Å². The van der Waals surface area contributed by atoms with Crippen LogP contribution in [0.15, 0.2) is 65.6 Å². The van der Waals surface area contributed by atoms with Gasteiger partial charge in [0.05, 0.1) is 14.7 Å². The second kappa shape index (κ2) is 4.16. The highest BCUT2D eigenvalue weighted by Crippen LogP contribution is 2.53. The van der Waals surface area contributed by atoms with Crippen molar-refractivity contribution in [3.8, 4) is 0 Å². The van der Waals surface area contributed by atoms with Crippen LogP contribution in [0.25, 0.3) is 0 Å². The minimum Gasteiger partial charge on any atom is -0.165 e. The van der Waals surface area contributed by atoms with Crippen LogP contribution in [-0.2, 0) is 4.84 Å². The maximum absolute atomic E-state index is 10.2. The van der Waals surface area contributed by atoms with Crippen LogP contribution in [-0.4, -0.2) is 9.42 Å². The lowest BCUT2D eigenvalue weighted by Crippen LogP contribution is -2.10. The number of rotatable bonds is 3. The molecule has 2 atom stereocenters. The van der Waals surface area contributed by atoms with E-state index in [1.165, 1.54) is 11.9 Å². The van der Waals surface area contributed by atoms with Crippen LogP contribution in [0.2, 0.25) is 0 Å². The predicted molar refractivity (Wildman–Crippen MR) is 64.6 cm³/mol. The van der Waals surface area contributed by atoms with Crippen LogP contribution in [0, 0.1) is 0 Å². The first-order valence-corrected chi connectivity index (χ1v) is 6.15. The molecule has 0 aromatic heterocycles. The first kappa shape index (κ1) is 10.8. The quantitative estimate of drug-likeness (QED) is 0.511. The molecule has 86 valence electrons. The highest BCUT2D eigenvalue weighted by Gasteiger charge is 2.63. The van der Waals surface area contributed by atoms with Gasteiger partial charge in [0.2, 0.25) is 0 Å². The zero-order valence-electron chi connectivity index (χ0n) is 9.06. The van der Waals surface area contributed by atoms with Gasteiger partial charge in [0.1, 0.15) is 0 Å². The lowest BCUT2D eigenvalue weighted by molar-refractivity contribution is -0.988. The van der Waals surface area contributed by atoms with Crippen LogP contribution in [0.5, 0.6) is 0 Å². The molecule has 2 aromatic carbocycles. The minimum absolute atomic E-state index is 0.290. The van der Waals surface area contributed by atoms with Gasteiger partial charge >= 0.3 is 6.23 Å². The summed E-state index contributed by atoms with van der Waals surface area (Å²) in [5.74, 6) is 0. The number of hydrogen-bond donors (Lipinski definition) is 1. The molecular weight excluding hydrogens is 234 g/mol. The number of benzene rings is 2. The second-order valence-corrected chi connectivity index (χ2v) is 5.01. The SMILES string of the molecule is O[N+]1(Sc2ccccc2)OC1c1ccccc1. The summed E-state index contributed by atoms with van der Waals surface area (Å²) < 4.78 is -0.436. The molecule has 1 aliphatic rings. The summed E-state index contributed by atoms with van der Waals surface area (Å²) in [6.07, 6.45) is -0.290. The molecule has 0 spiro atoms. The molecule has 4 heteroatoms. The minimum atomic E-state index is -0.436. The average molecular weight is 246 g/mol. The summed E-state index contributed by atoms with van der Waals surface area (Å²) in [4.78, 5) is 6.33. The zero-order valence-corrected chi connectivity index (χ0v) is 9.88. The Kier molecular flexibility index (Phi) is 2.64. The molecule has 0 aliphatic carbocycles. The van der Waals surface area contributed by atoms with Crippen molar-refractivity contribution in [1.82, 2.24) is 0 Å². The van der Waals surface area contributed by atoms with Gasteiger partial charge in [-0.2, -0.15) is 5.21 Å². The van der Waals surface area contributed by atoms with Gasteiger partial charge in [0.15, 0.2) is 11.9 Å². The van der Waals surface area contributed by atoms with Crippen LogP contribution < -0.4 is 0 Å². The Balaban J connectivity index is 1.74. The van der Waals surface area contributed by atoms with Crippen molar-refractivity contribution in [2.45, 2.75) is 11.1 Å². The standard InChI is InChI=1S/C13H12NO2S/c15-14(17-12-9-5-2-6-10-12)13(16-14)11-7-3-1-4-8-11/h1-10,13,15H/q+1. The van der Waals surface area contributed by atoms with Crippen LogP contribution >= 0.6 is 11.9 Å². The first-order chi connectivity index (χ1) is 8.28. The third-order valence-electron chi connectivity index (χ3n) is 2.57. The fourth-order valence-electron chi connectivity index (χ4n) is 1.68. The van der Waals surface area contributed by atoms with E-state index in [0.29, 0.717) is 0 Å². The molecule has 1 aliphatic heterocycles. The van der Waals surface area contributed by atoms with Crippen molar-refractivity contribution in [3.05, 3.63) is 66.2 Å². The van der Waals surface area contributed by atoms with Gasteiger partial charge in [0, 0.05) is 0 Å². The van der Waals surface area contributed by atoms with Gasteiger partial charge in [-0.15, -0.1) is 0 Å². The molecule has 0 radical (unpaired) electrons. The molecule has 0 amide bonds. The van der Waals surface area contributed by atoms with Crippen molar-refractivity contribution < 1.29 is 14.3 Å². The average Bonchev–Trinajstić information content (AvgIpc) is 3.03. The summed E-state index contributed by atoms with van der Waals surface area (Å²) in [6, 6.07) is 19.5. The van der Waals surface area contributed by atoms with E-state index in [-0.39, 0.29) is 6.23 Å². The fraction of sp³-hybridized carbons (Fsp3) is 0.0769. The van der Waals surface area contributed by atoms with E-state index < -0.39 is 4.21 Å². The van der Waals surface area contributed by atoms with Crippen LogP contribution in [0.1, 0.15) is 11.8 Å². The monoisotopic (exact) mass is 246 g/mol. The van der Waals surface area contributed by atoms with Gasteiger partial charge in [-0.25, -0.2) is 0 Å². The first-order valence-electron chi connectivity index (χ1n) is 5.37. The van der Waals surface area contributed by atoms with E-state index in [1.807, 2.05) is 60.7 Å². The molecule has 17 heavy (non-hydrogen) atoms. The smallest absolute Gasteiger partial charge is 0.165 e. The Morgan fingerprint density at radius 2 is 1.53 bits per heavy atom. The van der Waals surface area contributed by atoms with Crippen molar-refractivity contribution in [2.24, 2.45) is 0 Å². The summed E-state index contributed by atoms with van der Waals surface area (Å²) in [5, 5.41) is 10.2. The third kappa shape index (κ3) is 2.21. The van der Waals surface area contributed by atoms with E-state index in [9.17, 15) is 5.21 Å². The van der Waals surface area contributed by atoms with Crippen LogP contribution in [0.4, 0.5) is 0 Å². The van der Waals surface area contributed by atoms with E-state index in [4.69, 9.17) is 4.84 Å². The van der Waals surface area contributed by atoms with Gasteiger partial charge in [-0.05, 0) is 24.3 Å².